The van der Waals surface area contributed by atoms with Crippen LogP contribution in [0.3, 0.4) is 0 Å². The standard InChI is InChI=1S/C32H56O5/c1-10-22-28(5,6)23(33)12-13-32(22)19(4)31(32)15-14-30(9)20(17-31)25(34)26-24(30)18(3)16-21(37-26)27(36-11-2)29(7,8)35/h18-27,33-35H,10-17H2,1-9H3. The molecule has 0 aromatic heterocycles. The molecule has 214 valence electrons. The van der Waals surface area contributed by atoms with Crippen LogP contribution < -0.4 is 0 Å². The maximum absolute atomic E-state index is 12.0. The second-order valence-corrected chi connectivity index (χ2v) is 15.5. The van der Waals surface area contributed by atoms with Gasteiger partial charge in [-0.1, -0.05) is 48.0 Å². The van der Waals surface area contributed by atoms with Gasteiger partial charge in [-0.2, -0.15) is 0 Å². The van der Waals surface area contributed by atoms with Gasteiger partial charge in [0.15, 0.2) is 0 Å². The largest absolute Gasteiger partial charge is 0.393 e. The third-order valence-corrected chi connectivity index (χ3v) is 13.4. The van der Waals surface area contributed by atoms with Crippen molar-refractivity contribution in [2.24, 2.45) is 51.2 Å². The van der Waals surface area contributed by atoms with Gasteiger partial charge in [-0.25, -0.2) is 0 Å². The summed E-state index contributed by atoms with van der Waals surface area (Å²) in [5.74, 6) is 2.13. The molecular weight excluding hydrogens is 464 g/mol. The Labute approximate surface area is 226 Å². The Kier molecular flexibility index (Phi) is 6.81. The Hall–Kier alpha value is -0.200. The van der Waals surface area contributed by atoms with Crippen molar-refractivity contribution in [3.63, 3.8) is 0 Å². The molecule has 0 amide bonds. The molecule has 2 spiro atoms. The van der Waals surface area contributed by atoms with Crippen LogP contribution in [0.1, 0.15) is 107 Å². The van der Waals surface area contributed by atoms with Gasteiger partial charge in [0.25, 0.3) is 0 Å². The van der Waals surface area contributed by atoms with Crippen molar-refractivity contribution in [3.8, 4) is 0 Å². The maximum atomic E-state index is 12.0. The Morgan fingerprint density at radius 3 is 2.32 bits per heavy atom. The molecule has 5 heteroatoms. The summed E-state index contributed by atoms with van der Waals surface area (Å²) in [7, 11) is 0. The molecule has 13 atom stereocenters. The second kappa shape index (κ2) is 8.90. The highest BCUT2D eigenvalue weighted by atomic mass is 16.6. The minimum absolute atomic E-state index is 0.0655. The first kappa shape index (κ1) is 28.3. The summed E-state index contributed by atoms with van der Waals surface area (Å²) in [6, 6.07) is 0. The van der Waals surface area contributed by atoms with Crippen molar-refractivity contribution in [2.45, 2.75) is 143 Å². The number of ether oxygens (including phenoxy) is 2. The fourth-order valence-electron chi connectivity index (χ4n) is 11.8. The summed E-state index contributed by atoms with van der Waals surface area (Å²) in [4.78, 5) is 0. The third kappa shape index (κ3) is 3.65. The van der Waals surface area contributed by atoms with Crippen molar-refractivity contribution in [1.29, 1.82) is 0 Å². The van der Waals surface area contributed by atoms with Crippen LogP contribution in [0.4, 0.5) is 0 Å². The topological polar surface area (TPSA) is 79.2 Å². The van der Waals surface area contributed by atoms with Gasteiger partial charge in [-0.05, 0) is 111 Å². The zero-order valence-electron chi connectivity index (χ0n) is 25.1. The van der Waals surface area contributed by atoms with E-state index in [0.29, 0.717) is 30.3 Å². The molecule has 0 aromatic carbocycles. The van der Waals surface area contributed by atoms with E-state index in [4.69, 9.17) is 9.47 Å². The van der Waals surface area contributed by atoms with E-state index in [0.717, 1.165) is 38.5 Å². The predicted octanol–water partition coefficient (Wildman–Crippen LogP) is 5.58. The molecule has 5 aliphatic rings. The third-order valence-electron chi connectivity index (χ3n) is 13.4. The Morgan fingerprint density at radius 1 is 1.05 bits per heavy atom. The minimum Gasteiger partial charge on any atom is -0.393 e. The number of aliphatic hydroxyl groups excluding tert-OH is 2. The van der Waals surface area contributed by atoms with Crippen LogP contribution >= 0.6 is 0 Å². The zero-order chi connectivity index (χ0) is 27.3. The first-order valence-electron chi connectivity index (χ1n) is 15.5. The van der Waals surface area contributed by atoms with E-state index in [1.54, 1.807) is 0 Å². The molecular formula is C32H56O5. The highest BCUT2D eigenvalue weighted by molar-refractivity contribution is 5.29. The minimum atomic E-state index is -0.999. The van der Waals surface area contributed by atoms with E-state index < -0.39 is 17.8 Å². The van der Waals surface area contributed by atoms with Crippen LogP contribution in [-0.2, 0) is 9.47 Å². The van der Waals surface area contributed by atoms with E-state index >= 15 is 0 Å². The number of hydrogen-bond acceptors (Lipinski definition) is 5. The number of aliphatic hydroxyl groups is 3. The second-order valence-electron chi connectivity index (χ2n) is 15.5. The molecule has 0 radical (unpaired) electrons. The van der Waals surface area contributed by atoms with Gasteiger partial charge in [-0.3, -0.25) is 0 Å². The van der Waals surface area contributed by atoms with Crippen LogP contribution in [0.25, 0.3) is 0 Å². The highest BCUT2D eigenvalue weighted by Gasteiger charge is 2.81. The molecule has 3 N–H and O–H groups in total. The molecule has 1 heterocycles. The van der Waals surface area contributed by atoms with Crippen LogP contribution in [0.5, 0.6) is 0 Å². The van der Waals surface area contributed by atoms with Crippen molar-refractivity contribution < 1.29 is 24.8 Å². The molecule has 0 bridgehead atoms. The average molecular weight is 521 g/mol. The fraction of sp³-hybridized carbons (Fsp3) is 1.00. The number of fused-ring (bicyclic) bond motifs is 4. The average Bonchev–Trinajstić information content (AvgIpc) is 3.18. The van der Waals surface area contributed by atoms with E-state index in [1.165, 1.54) is 6.42 Å². The monoisotopic (exact) mass is 520 g/mol. The first-order chi connectivity index (χ1) is 17.1. The van der Waals surface area contributed by atoms with Crippen molar-refractivity contribution >= 4 is 0 Å². The van der Waals surface area contributed by atoms with Crippen molar-refractivity contribution in [2.75, 3.05) is 6.61 Å². The van der Waals surface area contributed by atoms with Crippen molar-refractivity contribution in [3.05, 3.63) is 0 Å². The molecule has 5 rings (SSSR count). The summed E-state index contributed by atoms with van der Waals surface area (Å²) in [5, 5.41) is 33.8. The molecule has 5 fully saturated rings. The molecule has 37 heavy (non-hydrogen) atoms. The molecule has 4 aliphatic carbocycles. The maximum Gasteiger partial charge on any atom is 0.112 e. The summed E-state index contributed by atoms with van der Waals surface area (Å²) in [5.41, 5.74) is -0.433. The van der Waals surface area contributed by atoms with Gasteiger partial charge < -0.3 is 24.8 Å². The molecule has 1 aliphatic heterocycles. The Morgan fingerprint density at radius 2 is 1.73 bits per heavy atom. The van der Waals surface area contributed by atoms with Crippen LogP contribution in [0.15, 0.2) is 0 Å². The predicted molar refractivity (Wildman–Crippen MR) is 146 cm³/mol. The quantitative estimate of drug-likeness (QED) is 0.441. The smallest absolute Gasteiger partial charge is 0.112 e. The van der Waals surface area contributed by atoms with Crippen LogP contribution in [0, 0.1) is 51.2 Å². The zero-order valence-corrected chi connectivity index (χ0v) is 25.1. The first-order valence-corrected chi connectivity index (χ1v) is 15.5. The number of rotatable bonds is 5. The van der Waals surface area contributed by atoms with E-state index in [2.05, 4.69) is 41.5 Å². The SMILES string of the molecule is CCOC(C1CC(C)C2C(O1)C(O)C1CC3(CCC12C)C(C)C31CCC(O)C(C)(C)C1CC)C(C)(C)O. The molecule has 5 nitrogen and oxygen atoms in total. The lowest BCUT2D eigenvalue weighted by Gasteiger charge is -2.53. The molecule has 13 unspecified atom stereocenters. The lowest BCUT2D eigenvalue weighted by molar-refractivity contribution is -0.214. The Bertz CT molecular complexity index is 866. The molecule has 4 saturated carbocycles. The normalized spacial score (nSPS) is 53.7. The van der Waals surface area contributed by atoms with Gasteiger partial charge in [0.05, 0.1) is 30.0 Å². The summed E-state index contributed by atoms with van der Waals surface area (Å²) in [6.07, 6.45) is 5.98. The van der Waals surface area contributed by atoms with Gasteiger partial charge >= 0.3 is 0 Å². The van der Waals surface area contributed by atoms with E-state index in [9.17, 15) is 15.3 Å². The fourth-order valence-corrected chi connectivity index (χ4v) is 11.8. The van der Waals surface area contributed by atoms with Gasteiger partial charge in [0.1, 0.15) is 6.10 Å². The summed E-state index contributed by atoms with van der Waals surface area (Å²) >= 11 is 0. The molecule has 0 aromatic rings. The van der Waals surface area contributed by atoms with E-state index in [-0.39, 0.29) is 45.9 Å². The number of hydrogen-bond donors (Lipinski definition) is 3. The molecule has 1 saturated heterocycles. The summed E-state index contributed by atoms with van der Waals surface area (Å²) < 4.78 is 12.8. The van der Waals surface area contributed by atoms with Gasteiger partial charge in [0, 0.05) is 6.61 Å². The summed E-state index contributed by atoms with van der Waals surface area (Å²) in [6.45, 7) is 20.3. The lowest BCUT2D eigenvalue weighted by Crippen LogP contribution is -2.55. The van der Waals surface area contributed by atoms with Crippen LogP contribution in [0.2, 0.25) is 0 Å². The highest BCUT2D eigenvalue weighted by Crippen LogP contribution is 2.85. The van der Waals surface area contributed by atoms with Crippen LogP contribution in [-0.4, -0.2) is 58.0 Å². The van der Waals surface area contributed by atoms with Crippen molar-refractivity contribution in [1.82, 2.24) is 0 Å². The van der Waals surface area contributed by atoms with Gasteiger partial charge in [-0.15, -0.1) is 0 Å². The van der Waals surface area contributed by atoms with Gasteiger partial charge in [0.2, 0.25) is 0 Å². The Balaban J connectivity index is 1.43. The van der Waals surface area contributed by atoms with E-state index in [1.807, 2.05) is 20.8 Å². The lowest BCUT2D eigenvalue weighted by atomic mass is 9.52.